The predicted molar refractivity (Wildman–Crippen MR) is 120 cm³/mol. The summed E-state index contributed by atoms with van der Waals surface area (Å²) < 4.78 is 0. The predicted octanol–water partition coefficient (Wildman–Crippen LogP) is 1.81. The van der Waals surface area contributed by atoms with E-state index in [9.17, 15) is 19.5 Å². The summed E-state index contributed by atoms with van der Waals surface area (Å²) in [5.74, 6) is -0.408. The van der Waals surface area contributed by atoms with Crippen LogP contribution in [0.3, 0.4) is 0 Å². The summed E-state index contributed by atoms with van der Waals surface area (Å²) in [4.78, 5) is 41.4. The molecule has 0 aliphatic carbocycles. The Kier molecular flexibility index (Phi) is 8.09. The molecule has 176 valence electrons. The number of benzene rings is 1. The number of carboxylic acid groups (broad SMARTS) is 1. The molecule has 1 aromatic rings. The number of nitrogens with zero attached hydrogens (tertiary/aromatic N) is 4. The number of nitrogens with one attached hydrogen (secondary N) is 1. The summed E-state index contributed by atoms with van der Waals surface area (Å²) in [6.45, 7) is 6.84. The highest BCUT2D eigenvalue weighted by Gasteiger charge is 2.47. The molecule has 3 amide bonds. The van der Waals surface area contributed by atoms with E-state index < -0.39 is 12.1 Å². The summed E-state index contributed by atoms with van der Waals surface area (Å²) in [5, 5.41) is 15.5. The van der Waals surface area contributed by atoms with Gasteiger partial charge in [0.05, 0.1) is 6.54 Å². The molecule has 0 saturated carbocycles. The first-order chi connectivity index (χ1) is 15.3. The van der Waals surface area contributed by atoms with Crippen LogP contribution in [0.2, 0.25) is 0 Å². The second kappa shape index (κ2) is 10.8. The fraction of sp³-hybridized carbons (Fsp3) is 0.609. The lowest BCUT2D eigenvalue weighted by molar-refractivity contribution is -0.181. The molecular formula is C23H35N5O4. The SMILES string of the molecule is CC(C)CCN1C[C@H](CCC(=O)O)N2C(=O)CN(C)N(C(=O)NCc3ccccc3)[C@H]2C1. The lowest BCUT2D eigenvalue weighted by Gasteiger charge is -2.55. The van der Waals surface area contributed by atoms with Crippen LogP contribution in [0.4, 0.5) is 4.79 Å². The number of rotatable bonds is 8. The Bertz CT molecular complexity index is 803. The van der Waals surface area contributed by atoms with Gasteiger partial charge in [-0.2, -0.15) is 0 Å². The van der Waals surface area contributed by atoms with Crippen molar-refractivity contribution in [2.45, 2.75) is 51.9 Å². The van der Waals surface area contributed by atoms with Gasteiger partial charge in [-0.15, -0.1) is 0 Å². The van der Waals surface area contributed by atoms with Crippen molar-refractivity contribution in [2.75, 3.05) is 33.2 Å². The molecule has 0 aromatic heterocycles. The van der Waals surface area contributed by atoms with Crippen LogP contribution in [0, 0.1) is 5.92 Å². The summed E-state index contributed by atoms with van der Waals surface area (Å²) >= 11 is 0. The van der Waals surface area contributed by atoms with Gasteiger partial charge in [-0.25, -0.2) is 14.8 Å². The third kappa shape index (κ3) is 5.98. The van der Waals surface area contributed by atoms with E-state index in [1.165, 1.54) is 0 Å². The normalized spacial score (nSPS) is 22.2. The van der Waals surface area contributed by atoms with E-state index in [-0.39, 0.29) is 30.9 Å². The van der Waals surface area contributed by atoms with Crippen molar-refractivity contribution in [1.29, 1.82) is 0 Å². The molecule has 2 aliphatic heterocycles. The summed E-state index contributed by atoms with van der Waals surface area (Å²) in [6.07, 6.45) is 0.910. The van der Waals surface area contributed by atoms with Crippen molar-refractivity contribution < 1.29 is 19.5 Å². The van der Waals surface area contributed by atoms with Crippen molar-refractivity contribution in [3.05, 3.63) is 35.9 Å². The van der Waals surface area contributed by atoms with Crippen molar-refractivity contribution in [2.24, 2.45) is 5.92 Å². The van der Waals surface area contributed by atoms with Gasteiger partial charge < -0.3 is 15.3 Å². The van der Waals surface area contributed by atoms with Crippen LogP contribution >= 0.6 is 0 Å². The molecule has 1 aromatic carbocycles. The number of amides is 3. The number of carboxylic acids is 1. The van der Waals surface area contributed by atoms with Gasteiger partial charge in [-0.3, -0.25) is 14.5 Å². The number of piperazine rings is 1. The Hall–Kier alpha value is -2.65. The average molecular weight is 446 g/mol. The summed E-state index contributed by atoms with van der Waals surface area (Å²) in [5.41, 5.74) is 0.995. The van der Waals surface area contributed by atoms with Gasteiger partial charge in [0.15, 0.2) is 0 Å². The van der Waals surface area contributed by atoms with Crippen molar-refractivity contribution in [3.63, 3.8) is 0 Å². The van der Waals surface area contributed by atoms with E-state index in [0.717, 1.165) is 18.5 Å². The highest BCUT2D eigenvalue weighted by atomic mass is 16.4. The second-order valence-electron chi connectivity index (χ2n) is 9.11. The molecule has 2 atom stereocenters. The Morgan fingerprint density at radius 1 is 1.19 bits per heavy atom. The van der Waals surface area contributed by atoms with Crippen molar-refractivity contribution in [3.8, 4) is 0 Å². The number of hydrogen-bond donors (Lipinski definition) is 2. The minimum atomic E-state index is -0.875. The fourth-order valence-electron chi connectivity index (χ4n) is 4.46. The number of fused-ring (bicyclic) bond motifs is 1. The first-order valence-electron chi connectivity index (χ1n) is 11.3. The van der Waals surface area contributed by atoms with Gasteiger partial charge in [0.1, 0.15) is 6.17 Å². The van der Waals surface area contributed by atoms with Gasteiger partial charge in [0, 0.05) is 39.1 Å². The third-order valence-electron chi connectivity index (χ3n) is 6.12. The number of urea groups is 1. The maximum Gasteiger partial charge on any atom is 0.334 e. The van der Waals surface area contributed by atoms with Crippen LogP contribution in [-0.4, -0.2) is 88.3 Å². The van der Waals surface area contributed by atoms with Crippen molar-refractivity contribution in [1.82, 2.24) is 25.1 Å². The fourth-order valence-corrected chi connectivity index (χ4v) is 4.46. The molecule has 9 nitrogen and oxygen atoms in total. The number of aliphatic carboxylic acids is 1. The molecule has 2 fully saturated rings. The van der Waals surface area contributed by atoms with Crippen LogP contribution in [0.5, 0.6) is 0 Å². The largest absolute Gasteiger partial charge is 0.481 e. The number of hydrazine groups is 1. The molecule has 2 heterocycles. The number of carbonyl (C=O) groups excluding carboxylic acids is 2. The monoisotopic (exact) mass is 445 g/mol. The minimum absolute atomic E-state index is 0.00473. The van der Waals surface area contributed by atoms with Gasteiger partial charge in [0.25, 0.3) is 0 Å². The second-order valence-corrected chi connectivity index (χ2v) is 9.11. The number of likely N-dealkylation sites (N-methyl/N-ethyl adjacent to an activating group) is 1. The zero-order chi connectivity index (χ0) is 23.3. The van der Waals surface area contributed by atoms with Crippen LogP contribution in [-0.2, 0) is 16.1 Å². The molecule has 0 radical (unpaired) electrons. The first-order valence-corrected chi connectivity index (χ1v) is 11.3. The average Bonchev–Trinajstić information content (AvgIpc) is 2.75. The number of hydrogen-bond acceptors (Lipinski definition) is 5. The topological polar surface area (TPSA) is 96.4 Å². The molecule has 0 spiro atoms. The maximum atomic E-state index is 13.2. The Balaban J connectivity index is 1.79. The van der Waals surface area contributed by atoms with E-state index >= 15 is 0 Å². The minimum Gasteiger partial charge on any atom is -0.481 e. The van der Waals surface area contributed by atoms with Crippen molar-refractivity contribution >= 4 is 17.9 Å². The van der Waals surface area contributed by atoms with E-state index in [1.54, 1.807) is 22.0 Å². The standard InChI is InChI=1S/C23H35N5O4/c1-17(2)11-12-26-14-19(9-10-22(30)31)27-20(15-26)28(25(3)16-21(27)29)23(32)24-13-18-7-5-4-6-8-18/h4-8,17,19-20H,9-16H2,1-3H3,(H,24,32)(H,30,31)/t19-,20-/m0/s1. The zero-order valence-corrected chi connectivity index (χ0v) is 19.2. The lowest BCUT2D eigenvalue weighted by atomic mass is 10.0. The van der Waals surface area contributed by atoms with Gasteiger partial charge >= 0.3 is 12.0 Å². The van der Waals surface area contributed by atoms with Crippen LogP contribution in [0.1, 0.15) is 38.7 Å². The molecule has 2 saturated heterocycles. The molecule has 2 N–H and O–H groups in total. The lowest BCUT2D eigenvalue weighted by Crippen LogP contribution is -2.74. The van der Waals surface area contributed by atoms with E-state index in [4.69, 9.17) is 0 Å². The van der Waals surface area contributed by atoms with Crippen LogP contribution < -0.4 is 5.32 Å². The molecule has 0 bridgehead atoms. The maximum absolute atomic E-state index is 13.2. The van der Waals surface area contributed by atoms with E-state index in [1.807, 2.05) is 30.3 Å². The zero-order valence-electron chi connectivity index (χ0n) is 19.2. The molecule has 0 unspecified atom stereocenters. The Labute approximate surface area is 189 Å². The van der Waals surface area contributed by atoms with Gasteiger partial charge in [-0.05, 0) is 30.9 Å². The quantitative estimate of drug-likeness (QED) is 0.634. The summed E-state index contributed by atoms with van der Waals surface area (Å²) in [7, 11) is 1.75. The highest BCUT2D eigenvalue weighted by Crippen LogP contribution is 2.27. The molecular weight excluding hydrogens is 410 g/mol. The van der Waals surface area contributed by atoms with E-state index in [0.29, 0.717) is 32.0 Å². The molecule has 3 rings (SSSR count). The van der Waals surface area contributed by atoms with Gasteiger partial charge in [0.2, 0.25) is 5.91 Å². The van der Waals surface area contributed by atoms with Crippen LogP contribution in [0.15, 0.2) is 30.3 Å². The van der Waals surface area contributed by atoms with E-state index in [2.05, 4.69) is 24.1 Å². The Morgan fingerprint density at radius 2 is 1.91 bits per heavy atom. The third-order valence-corrected chi connectivity index (χ3v) is 6.12. The summed E-state index contributed by atoms with van der Waals surface area (Å²) in [6, 6.07) is 9.19. The number of carbonyl (C=O) groups is 3. The first kappa shape index (κ1) is 24.0. The molecule has 2 aliphatic rings. The van der Waals surface area contributed by atoms with Crippen LogP contribution in [0.25, 0.3) is 0 Å². The highest BCUT2D eigenvalue weighted by molar-refractivity contribution is 5.83. The molecule has 9 heteroatoms. The smallest absolute Gasteiger partial charge is 0.334 e. The Morgan fingerprint density at radius 3 is 2.56 bits per heavy atom. The van der Waals surface area contributed by atoms with Gasteiger partial charge in [-0.1, -0.05) is 44.2 Å². The molecule has 32 heavy (non-hydrogen) atoms.